The van der Waals surface area contributed by atoms with Crippen LogP contribution >= 0.6 is 11.8 Å². The number of benzene rings is 1. The number of carbonyl (C=O) groups is 2. The van der Waals surface area contributed by atoms with Crippen LogP contribution in [0.1, 0.15) is 23.2 Å². The highest BCUT2D eigenvalue weighted by atomic mass is 32.2. The number of pyridine rings is 1. The fraction of sp³-hybridized carbons (Fsp3) is 0.350. The molecule has 0 radical (unpaired) electrons. The van der Waals surface area contributed by atoms with Crippen molar-refractivity contribution < 1.29 is 22.7 Å². The molecule has 30 heavy (non-hydrogen) atoms. The number of esters is 1. The number of aromatic nitrogens is 1. The molecule has 2 heterocycles. The van der Waals surface area contributed by atoms with E-state index in [2.05, 4.69) is 10.3 Å². The lowest BCUT2D eigenvalue weighted by Gasteiger charge is -2.30. The van der Waals surface area contributed by atoms with Gasteiger partial charge in [-0.1, -0.05) is 12.1 Å². The molecule has 1 amide bonds. The number of thioether (sulfide) groups is 1. The van der Waals surface area contributed by atoms with Crippen molar-refractivity contribution in [3.8, 4) is 0 Å². The molecule has 8 nitrogen and oxygen atoms in total. The number of nitrogens with one attached hydrogen (secondary N) is 1. The molecule has 160 valence electrons. The second-order valence-corrected chi connectivity index (χ2v) is 9.48. The largest absolute Gasteiger partial charge is 0.465 e. The average Bonchev–Trinajstić information content (AvgIpc) is 2.79. The lowest BCUT2D eigenvalue weighted by molar-refractivity contribution is -0.120. The second kappa shape index (κ2) is 9.59. The molecule has 1 N–H and O–H groups in total. The van der Waals surface area contributed by atoms with Gasteiger partial charge in [0.15, 0.2) is 0 Å². The topological polar surface area (TPSA) is 106 Å². The third-order valence-corrected chi connectivity index (χ3v) is 7.56. The van der Waals surface area contributed by atoms with Crippen LogP contribution in [0, 0.1) is 5.92 Å². The molecule has 0 aliphatic carbocycles. The molecule has 0 bridgehead atoms. The van der Waals surface area contributed by atoms with Gasteiger partial charge in [-0.3, -0.25) is 4.79 Å². The van der Waals surface area contributed by atoms with Gasteiger partial charge in [0.05, 0.1) is 34.5 Å². The number of ether oxygens (including phenoxy) is 1. The zero-order valence-corrected chi connectivity index (χ0v) is 18.3. The van der Waals surface area contributed by atoms with Crippen molar-refractivity contribution in [3.05, 3.63) is 48.2 Å². The average molecular weight is 450 g/mol. The van der Waals surface area contributed by atoms with E-state index in [1.807, 2.05) is 12.3 Å². The molecular formula is C20H23N3O5S2. The van der Waals surface area contributed by atoms with Crippen molar-refractivity contribution in [2.45, 2.75) is 22.8 Å². The Kier molecular flexibility index (Phi) is 7.11. The number of rotatable bonds is 6. The van der Waals surface area contributed by atoms with Gasteiger partial charge in [0, 0.05) is 19.0 Å². The van der Waals surface area contributed by atoms with Crippen LogP contribution in [0.3, 0.4) is 0 Å². The van der Waals surface area contributed by atoms with E-state index in [1.165, 1.54) is 35.3 Å². The van der Waals surface area contributed by atoms with Gasteiger partial charge < -0.3 is 10.1 Å². The molecular weight excluding hydrogens is 426 g/mol. The Hall–Kier alpha value is -2.43. The number of hydrogen-bond acceptors (Lipinski definition) is 7. The minimum absolute atomic E-state index is 0.000978. The number of amides is 1. The molecule has 1 saturated heterocycles. The van der Waals surface area contributed by atoms with Crippen LogP contribution in [0.4, 0.5) is 5.69 Å². The lowest BCUT2D eigenvalue weighted by atomic mass is 9.97. The van der Waals surface area contributed by atoms with E-state index in [0.717, 1.165) is 5.03 Å². The lowest BCUT2D eigenvalue weighted by Crippen LogP contribution is -2.41. The van der Waals surface area contributed by atoms with E-state index >= 15 is 0 Å². The Balaban J connectivity index is 1.66. The van der Waals surface area contributed by atoms with Crippen LogP contribution in [0.5, 0.6) is 0 Å². The maximum absolute atomic E-state index is 13.1. The highest BCUT2D eigenvalue weighted by molar-refractivity contribution is 7.98. The zero-order valence-electron chi connectivity index (χ0n) is 16.7. The van der Waals surface area contributed by atoms with E-state index in [4.69, 9.17) is 4.74 Å². The summed E-state index contributed by atoms with van der Waals surface area (Å²) in [4.78, 5) is 28.7. The molecule has 0 unspecified atom stereocenters. The molecule has 1 aliphatic rings. The fourth-order valence-electron chi connectivity index (χ4n) is 3.29. The summed E-state index contributed by atoms with van der Waals surface area (Å²) in [6, 6.07) is 9.59. The van der Waals surface area contributed by atoms with Crippen molar-refractivity contribution in [1.82, 2.24) is 9.29 Å². The Morgan fingerprint density at radius 1 is 1.17 bits per heavy atom. The summed E-state index contributed by atoms with van der Waals surface area (Å²) >= 11 is 1.51. The first-order valence-corrected chi connectivity index (χ1v) is 12.0. The summed E-state index contributed by atoms with van der Waals surface area (Å²) in [6.45, 7) is 0.388. The first-order chi connectivity index (χ1) is 14.4. The van der Waals surface area contributed by atoms with Crippen molar-refractivity contribution in [2.24, 2.45) is 5.92 Å². The first-order valence-electron chi connectivity index (χ1n) is 9.35. The summed E-state index contributed by atoms with van der Waals surface area (Å²) < 4.78 is 32.1. The normalized spacial score (nSPS) is 15.5. The van der Waals surface area contributed by atoms with Crippen LogP contribution in [0.25, 0.3) is 0 Å². The van der Waals surface area contributed by atoms with Crippen molar-refractivity contribution >= 4 is 39.3 Å². The van der Waals surface area contributed by atoms with Gasteiger partial charge in [-0.05, 0) is 43.4 Å². The number of anilines is 1. The van der Waals surface area contributed by atoms with Crippen molar-refractivity contribution in [1.29, 1.82) is 0 Å². The quantitative estimate of drug-likeness (QED) is 0.534. The molecule has 1 fully saturated rings. The summed E-state index contributed by atoms with van der Waals surface area (Å²) in [5, 5.41) is 3.70. The maximum atomic E-state index is 13.1. The van der Waals surface area contributed by atoms with Gasteiger partial charge in [-0.15, -0.1) is 11.8 Å². The summed E-state index contributed by atoms with van der Waals surface area (Å²) in [5.74, 6) is -1.15. The van der Waals surface area contributed by atoms with Gasteiger partial charge in [0.2, 0.25) is 15.9 Å². The van der Waals surface area contributed by atoms with Gasteiger partial charge in [0.25, 0.3) is 0 Å². The van der Waals surface area contributed by atoms with E-state index in [-0.39, 0.29) is 35.4 Å². The van der Waals surface area contributed by atoms with E-state index in [1.54, 1.807) is 24.4 Å². The molecule has 0 saturated carbocycles. The highest BCUT2D eigenvalue weighted by Crippen LogP contribution is 2.27. The number of sulfonamides is 1. The van der Waals surface area contributed by atoms with E-state index in [9.17, 15) is 18.0 Å². The Labute approximate surface area is 180 Å². The van der Waals surface area contributed by atoms with E-state index < -0.39 is 16.0 Å². The highest BCUT2D eigenvalue weighted by Gasteiger charge is 2.34. The first kappa shape index (κ1) is 22.3. The second-order valence-electron chi connectivity index (χ2n) is 6.74. The Morgan fingerprint density at radius 3 is 2.47 bits per heavy atom. The molecule has 1 aliphatic heterocycles. The van der Waals surface area contributed by atoms with Gasteiger partial charge in [-0.2, -0.15) is 4.31 Å². The minimum Gasteiger partial charge on any atom is -0.465 e. The summed E-state index contributed by atoms with van der Waals surface area (Å²) in [6.07, 6.45) is 4.31. The van der Waals surface area contributed by atoms with Crippen LogP contribution < -0.4 is 5.32 Å². The Bertz CT molecular complexity index is 1020. The predicted octanol–water partition coefficient (Wildman–Crippen LogP) is 2.63. The van der Waals surface area contributed by atoms with Crippen molar-refractivity contribution in [3.63, 3.8) is 0 Å². The molecule has 0 atom stereocenters. The summed E-state index contributed by atoms with van der Waals surface area (Å²) in [7, 11) is -2.67. The predicted molar refractivity (Wildman–Crippen MR) is 114 cm³/mol. The van der Waals surface area contributed by atoms with Crippen LogP contribution in [0.15, 0.2) is 52.5 Å². The number of piperidine rings is 1. The number of methoxy groups -OCH3 is 1. The molecule has 3 rings (SSSR count). The number of nitrogens with zero attached hydrogens (tertiary/aromatic N) is 2. The van der Waals surface area contributed by atoms with Gasteiger partial charge in [0.1, 0.15) is 0 Å². The Morgan fingerprint density at radius 2 is 1.87 bits per heavy atom. The maximum Gasteiger partial charge on any atom is 0.339 e. The fourth-order valence-corrected chi connectivity index (χ4v) is 5.30. The van der Waals surface area contributed by atoms with Crippen LogP contribution in [-0.2, 0) is 19.6 Å². The monoisotopic (exact) mass is 449 g/mol. The third-order valence-electron chi connectivity index (χ3n) is 4.95. The summed E-state index contributed by atoms with van der Waals surface area (Å²) in [5.41, 5.74) is 0.612. The van der Waals surface area contributed by atoms with Crippen molar-refractivity contribution in [2.75, 3.05) is 31.8 Å². The third kappa shape index (κ3) is 4.82. The smallest absolute Gasteiger partial charge is 0.339 e. The minimum atomic E-state index is -3.88. The SMILES string of the molecule is COC(=O)c1ccccc1S(=O)(=O)N1CCC(C(=O)Nc2ccc(SC)nc2)CC1. The molecule has 1 aromatic heterocycles. The standard InChI is InChI=1S/C20H23N3O5S2/c1-28-20(25)16-5-3-4-6-17(16)30(26,27)23-11-9-14(10-12-23)19(24)22-15-7-8-18(29-2)21-13-15/h3-8,13-14H,9-12H2,1-2H3,(H,22,24). The number of hydrogen-bond donors (Lipinski definition) is 1. The molecule has 2 aromatic rings. The van der Waals surface area contributed by atoms with Gasteiger partial charge in [-0.25, -0.2) is 18.2 Å². The van der Waals surface area contributed by atoms with Crippen LogP contribution in [0.2, 0.25) is 0 Å². The van der Waals surface area contributed by atoms with Gasteiger partial charge >= 0.3 is 5.97 Å². The van der Waals surface area contributed by atoms with Crippen LogP contribution in [-0.4, -0.2) is 56.0 Å². The molecule has 1 aromatic carbocycles. The molecule has 0 spiro atoms. The zero-order chi connectivity index (χ0) is 21.7. The number of carbonyl (C=O) groups excluding carboxylic acids is 2. The molecule has 10 heteroatoms. The van der Waals surface area contributed by atoms with E-state index in [0.29, 0.717) is 18.5 Å².